The van der Waals surface area contributed by atoms with E-state index >= 15 is 0 Å². The van der Waals surface area contributed by atoms with Gasteiger partial charge in [0.1, 0.15) is 6.61 Å². The van der Waals surface area contributed by atoms with Gasteiger partial charge in [0, 0.05) is 11.4 Å². The molecule has 88 valence electrons. The van der Waals surface area contributed by atoms with E-state index in [1.807, 2.05) is 11.8 Å². The van der Waals surface area contributed by atoms with Gasteiger partial charge in [-0.2, -0.15) is 0 Å². The monoisotopic (exact) mass is 239 g/mol. The maximum absolute atomic E-state index is 10.8. The van der Waals surface area contributed by atoms with E-state index in [-0.39, 0.29) is 5.91 Å². The highest BCUT2D eigenvalue weighted by Crippen LogP contribution is 2.17. The molecule has 0 fully saturated rings. The number of hydrogen-bond donors (Lipinski definition) is 2. The molecular formula is C12H17NO2S. The number of hydrogen-bond acceptors (Lipinski definition) is 3. The lowest BCUT2D eigenvalue weighted by atomic mass is 10.1. The minimum atomic E-state index is -0.438. The van der Waals surface area contributed by atoms with E-state index in [0.29, 0.717) is 6.54 Å². The van der Waals surface area contributed by atoms with Crippen LogP contribution in [0, 0.1) is 0 Å². The molecule has 16 heavy (non-hydrogen) atoms. The Morgan fingerprint density at radius 1 is 1.38 bits per heavy atom. The van der Waals surface area contributed by atoms with E-state index in [2.05, 4.69) is 36.5 Å². The number of thioether (sulfide) groups is 1. The molecule has 3 nitrogen and oxygen atoms in total. The first-order chi connectivity index (χ1) is 7.76. The first-order valence-electron chi connectivity index (χ1n) is 5.35. The van der Waals surface area contributed by atoms with Gasteiger partial charge in [-0.25, -0.2) is 0 Å². The van der Waals surface area contributed by atoms with E-state index in [9.17, 15) is 4.79 Å². The van der Waals surface area contributed by atoms with Crippen LogP contribution in [-0.4, -0.2) is 29.9 Å². The van der Waals surface area contributed by atoms with Crippen LogP contribution in [0.15, 0.2) is 29.2 Å². The summed E-state index contributed by atoms with van der Waals surface area (Å²) in [6.45, 7) is 2.26. The van der Waals surface area contributed by atoms with E-state index < -0.39 is 6.61 Å². The van der Waals surface area contributed by atoms with Gasteiger partial charge >= 0.3 is 0 Å². The Morgan fingerprint density at radius 2 is 2.06 bits per heavy atom. The van der Waals surface area contributed by atoms with Crippen molar-refractivity contribution in [3.8, 4) is 0 Å². The first kappa shape index (κ1) is 13.1. The molecule has 0 aromatic heterocycles. The molecule has 0 spiro atoms. The average Bonchev–Trinajstić information content (AvgIpc) is 2.31. The predicted molar refractivity (Wildman–Crippen MR) is 66.6 cm³/mol. The number of amides is 1. The molecule has 1 amide bonds. The van der Waals surface area contributed by atoms with Crippen LogP contribution >= 0.6 is 11.8 Å². The minimum Gasteiger partial charge on any atom is -0.387 e. The molecule has 1 aromatic rings. The van der Waals surface area contributed by atoms with Crippen LogP contribution in [0.4, 0.5) is 0 Å². The molecular weight excluding hydrogens is 222 g/mol. The van der Waals surface area contributed by atoms with Gasteiger partial charge in [0.15, 0.2) is 0 Å². The fourth-order valence-electron chi connectivity index (χ4n) is 1.32. The van der Waals surface area contributed by atoms with Gasteiger partial charge in [-0.3, -0.25) is 4.79 Å². The molecule has 0 bridgehead atoms. The molecule has 0 saturated carbocycles. The molecule has 0 saturated heterocycles. The molecule has 4 heteroatoms. The van der Waals surface area contributed by atoms with E-state index in [1.54, 1.807) is 0 Å². The van der Waals surface area contributed by atoms with Crippen LogP contribution in [0.2, 0.25) is 0 Å². The minimum absolute atomic E-state index is 0.321. The zero-order valence-corrected chi connectivity index (χ0v) is 10.2. The largest absolute Gasteiger partial charge is 0.387 e. The number of rotatable bonds is 6. The normalized spacial score (nSPS) is 10.1. The number of nitrogens with one attached hydrogen (secondary N) is 1. The lowest BCUT2D eigenvalue weighted by molar-refractivity contribution is -0.123. The standard InChI is InChI=1S/C12H17NO2S/c1-2-16-11-5-3-10(4-6-11)7-8-13-12(15)9-14/h3-6,14H,2,7-9H2,1H3,(H,13,15). The third-order valence-corrected chi connectivity index (χ3v) is 3.01. The topological polar surface area (TPSA) is 49.3 Å². The maximum Gasteiger partial charge on any atom is 0.245 e. The summed E-state index contributed by atoms with van der Waals surface area (Å²) in [5.41, 5.74) is 1.19. The summed E-state index contributed by atoms with van der Waals surface area (Å²) in [5.74, 6) is 0.754. The van der Waals surface area contributed by atoms with E-state index in [4.69, 9.17) is 5.11 Å². The van der Waals surface area contributed by atoms with Crippen molar-refractivity contribution in [3.05, 3.63) is 29.8 Å². The Labute approximate surface area is 100 Å². The lowest BCUT2D eigenvalue weighted by Gasteiger charge is -2.04. The van der Waals surface area contributed by atoms with Gasteiger partial charge in [-0.15, -0.1) is 11.8 Å². The molecule has 0 atom stereocenters. The second-order valence-corrected chi connectivity index (χ2v) is 4.67. The molecule has 0 unspecified atom stereocenters. The smallest absolute Gasteiger partial charge is 0.245 e. The highest BCUT2D eigenvalue weighted by molar-refractivity contribution is 7.99. The summed E-state index contributed by atoms with van der Waals surface area (Å²) >= 11 is 1.81. The Kier molecular flexibility index (Phi) is 5.96. The molecule has 0 radical (unpaired) electrons. The second-order valence-electron chi connectivity index (χ2n) is 3.34. The van der Waals surface area contributed by atoms with Crippen LogP contribution in [0.25, 0.3) is 0 Å². The summed E-state index contributed by atoms with van der Waals surface area (Å²) in [7, 11) is 0. The van der Waals surface area contributed by atoms with Crippen molar-refractivity contribution in [1.29, 1.82) is 0 Å². The van der Waals surface area contributed by atoms with Gasteiger partial charge in [0.2, 0.25) is 5.91 Å². The summed E-state index contributed by atoms with van der Waals surface area (Å²) in [5, 5.41) is 11.1. The predicted octanol–water partition coefficient (Wildman–Crippen LogP) is 1.45. The zero-order chi connectivity index (χ0) is 11.8. The molecule has 2 N–H and O–H groups in total. The quantitative estimate of drug-likeness (QED) is 0.739. The molecule has 1 rings (SSSR count). The fourth-order valence-corrected chi connectivity index (χ4v) is 1.98. The molecule has 0 aliphatic carbocycles. The Morgan fingerprint density at radius 3 is 2.62 bits per heavy atom. The molecule has 0 heterocycles. The number of carbonyl (C=O) groups is 1. The third kappa shape index (κ3) is 4.68. The van der Waals surface area contributed by atoms with Gasteiger partial charge in [-0.1, -0.05) is 19.1 Å². The molecule has 0 aliphatic rings. The van der Waals surface area contributed by atoms with Gasteiger partial charge in [0.25, 0.3) is 0 Å². The van der Waals surface area contributed by atoms with Crippen molar-refractivity contribution >= 4 is 17.7 Å². The van der Waals surface area contributed by atoms with Crippen LogP contribution in [0.5, 0.6) is 0 Å². The number of benzene rings is 1. The Bertz CT molecular complexity index is 324. The summed E-state index contributed by atoms with van der Waals surface area (Å²) in [6, 6.07) is 8.33. The number of aliphatic hydroxyl groups excluding tert-OH is 1. The molecule has 0 aliphatic heterocycles. The lowest BCUT2D eigenvalue weighted by Crippen LogP contribution is -2.28. The van der Waals surface area contributed by atoms with Crippen molar-refractivity contribution in [1.82, 2.24) is 5.32 Å². The highest BCUT2D eigenvalue weighted by atomic mass is 32.2. The highest BCUT2D eigenvalue weighted by Gasteiger charge is 1.98. The van der Waals surface area contributed by atoms with Crippen LogP contribution in [-0.2, 0) is 11.2 Å². The Balaban J connectivity index is 2.34. The van der Waals surface area contributed by atoms with Gasteiger partial charge in [0.05, 0.1) is 0 Å². The van der Waals surface area contributed by atoms with Gasteiger partial charge in [-0.05, 0) is 29.9 Å². The van der Waals surface area contributed by atoms with Crippen LogP contribution in [0.1, 0.15) is 12.5 Å². The SMILES string of the molecule is CCSc1ccc(CCNC(=O)CO)cc1. The van der Waals surface area contributed by atoms with Crippen molar-refractivity contribution in [2.24, 2.45) is 0 Å². The maximum atomic E-state index is 10.8. The molecule has 1 aromatic carbocycles. The average molecular weight is 239 g/mol. The van der Waals surface area contributed by atoms with Crippen molar-refractivity contribution < 1.29 is 9.90 Å². The van der Waals surface area contributed by atoms with Crippen molar-refractivity contribution in [3.63, 3.8) is 0 Å². The Hall–Kier alpha value is -1.00. The third-order valence-electron chi connectivity index (χ3n) is 2.11. The van der Waals surface area contributed by atoms with Crippen molar-refractivity contribution in [2.75, 3.05) is 18.9 Å². The number of carbonyl (C=O) groups excluding carboxylic acids is 1. The van der Waals surface area contributed by atoms with Crippen LogP contribution in [0.3, 0.4) is 0 Å². The fraction of sp³-hybridized carbons (Fsp3) is 0.417. The first-order valence-corrected chi connectivity index (χ1v) is 6.34. The van der Waals surface area contributed by atoms with Crippen molar-refractivity contribution in [2.45, 2.75) is 18.2 Å². The van der Waals surface area contributed by atoms with E-state index in [0.717, 1.165) is 12.2 Å². The number of aliphatic hydroxyl groups is 1. The summed E-state index contributed by atoms with van der Waals surface area (Å²) in [4.78, 5) is 12.0. The second kappa shape index (κ2) is 7.30. The van der Waals surface area contributed by atoms with Gasteiger partial charge < -0.3 is 10.4 Å². The summed E-state index contributed by atoms with van der Waals surface area (Å²) < 4.78 is 0. The zero-order valence-electron chi connectivity index (χ0n) is 9.40. The van der Waals surface area contributed by atoms with E-state index in [1.165, 1.54) is 10.5 Å². The van der Waals surface area contributed by atoms with Crippen LogP contribution < -0.4 is 5.32 Å². The summed E-state index contributed by atoms with van der Waals surface area (Å²) in [6.07, 6.45) is 0.794.